The van der Waals surface area contributed by atoms with E-state index in [1.54, 1.807) is 0 Å². The second kappa shape index (κ2) is 11.0. The number of rotatable bonds is 9. The zero-order valence-electron chi connectivity index (χ0n) is 17.4. The first kappa shape index (κ1) is 22.9. The lowest BCUT2D eigenvalue weighted by Gasteiger charge is -2.30. The maximum absolute atomic E-state index is 12.6. The summed E-state index contributed by atoms with van der Waals surface area (Å²) in [5.74, 6) is -1.19. The Labute approximate surface area is 172 Å². The van der Waals surface area contributed by atoms with Crippen molar-refractivity contribution in [1.82, 2.24) is 10.6 Å². The fourth-order valence-corrected chi connectivity index (χ4v) is 3.64. The highest BCUT2D eigenvalue weighted by Gasteiger charge is 2.29. The molecule has 0 bridgehead atoms. The molecule has 1 fully saturated rings. The number of hydrogen-bond donors (Lipinski definition) is 3. The Balaban J connectivity index is 1.78. The largest absolute Gasteiger partial charge is 0.548 e. The van der Waals surface area contributed by atoms with Gasteiger partial charge in [0.15, 0.2) is 6.04 Å². The van der Waals surface area contributed by atoms with Gasteiger partial charge in [-0.3, -0.25) is 9.59 Å². The smallest absolute Gasteiger partial charge is 0.278 e. The van der Waals surface area contributed by atoms with Gasteiger partial charge in [0.2, 0.25) is 5.91 Å². The molecule has 1 aliphatic carbocycles. The molecule has 1 aromatic rings. The molecule has 1 saturated carbocycles. The van der Waals surface area contributed by atoms with E-state index in [1.165, 1.54) is 0 Å². The molecule has 2 atom stereocenters. The Morgan fingerprint density at radius 1 is 1.10 bits per heavy atom. The van der Waals surface area contributed by atoms with Crippen molar-refractivity contribution >= 4 is 17.8 Å². The summed E-state index contributed by atoms with van der Waals surface area (Å²) < 4.78 is 0. The predicted octanol–water partition coefficient (Wildman–Crippen LogP) is -0.347. The minimum Gasteiger partial charge on any atom is -0.548 e. The van der Waals surface area contributed by atoms with Crippen LogP contribution in [0.2, 0.25) is 0 Å². The Bertz CT molecular complexity index is 685. The molecule has 160 valence electrons. The highest BCUT2D eigenvalue weighted by molar-refractivity contribution is 5.84. The van der Waals surface area contributed by atoms with Gasteiger partial charge in [0.05, 0.1) is 12.0 Å². The molecule has 0 unspecified atom stereocenters. The molecule has 0 aliphatic heterocycles. The quantitative estimate of drug-likeness (QED) is 0.521. The third kappa shape index (κ3) is 7.16. The molecule has 0 aromatic heterocycles. The number of benzene rings is 1. The number of carbonyl (C=O) groups excluding carboxylic acids is 3. The van der Waals surface area contributed by atoms with Crippen LogP contribution in [0.4, 0.5) is 0 Å². The molecular formula is C22H33N3O4. The molecule has 29 heavy (non-hydrogen) atoms. The summed E-state index contributed by atoms with van der Waals surface area (Å²) in [7, 11) is 0. The van der Waals surface area contributed by atoms with Gasteiger partial charge in [-0.25, -0.2) is 0 Å². The first-order chi connectivity index (χ1) is 13.8. The van der Waals surface area contributed by atoms with Crippen LogP contribution in [0.3, 0.4) is 0 Å². The number of carboxylic acids is 1. The van der Waals surface area contributed by atoms with Gasteiger partial charge in [0.25, 0.3) is 5.91 Å². The molecule has 0 radical (unpaired) electrons. The maximum Gasteiger partial charge on any atom is 0.278 e. The second-order valence-corrected chi connectivity index (χ2v) is 8.38. The number of amides is 2. The van der Waals surface area contributed by atoms with Gasteiger partial charge in [-0.2, -0.15) is 0 Å². The molecule has 1 aromatic carbocycles. The third-order valence-corrected chi connectivity index (χ3v) is 5.81. The van der Waals surface area contributed by atoms with Crippen molar-refractivity contribution in [2.45, 2.75) is 58.0 Å². The Hall–Kier alpha value is -2.41. The van der Waals surface area contributed by atoms with Crippen molar-refractivity contribution in [3.63, 3.8) is 0 Å². The lowest BCUT2D eigenvalue weighted by Crippen LogP contribution is -2.70. The molecule has 0 saturated heterocycles. The fraction of sp³-hybridized carbons (Fsp3) is 0.591. The summed E-state index contributed by atoms with van der Waals surface area (Å²) in [5, 5.41) is 17.1. The number of aliphatic carboxylic acids is 1. The summed E-state index contributed by atoms with van der Waals surface area (Å²) in [6.45, 7) is 4.54. The standard InChI is InChI=1S/C22H33N3O4/c1-14(2)19(23)21(27)24-13-16-8-10-17(11-9-16)20(26)25-18(22(28)29)12-15-6-4-3-5-7-15/h3-7,14,16-19H,8-13,23H2,1-2H3,(H,24,27)(H,25,26)(H,28,29)/t16?,17?,18-,19-/m0/s1. The summed E-state index contributed by atoms with van der Waals surface area (Å²) in [5.41, 5.74) is 4.73. The van der Waals surface area contributed by atoms with E-state index >= 15 is 0 Å². The minimum atomic E-state index is -1.27. The lowest BCUT2D eigenvalue weighted by atomic mass is 9.81. The Morgan fingerprint density at radius 2 is 1.72 bits per heavy atom. The normalized spacial score (nSPS) is 21.2. The van der Waals surface area contributed by atoms with Gasteiger partial charge in [-0.05, 0) is 43.6 Å². The monoisotopic (exact) mass is 403 g/mol. The van der Waals surface area contributed by atoms with E-state index in [0.717, 1.165) is 18.4 Å². The average molecular weight is 404 g/mol. The molecule has 0 spiro atoms. The van der Waals surface area contributed by atoms with Gasteiger partial charge in [0.1, 0.15) is 0 Å². The van der Waals surface area contributed by atoms with Crippen LogP contribution in [0.1, 0.15) is 45.1 Å². The van der Waals surface area contributed by atoms with Gasteiger partial charge < -0.3 is 26.3 Å². The van der Waals surface area contributed by atoms with Gasteiger partial charge in [0, 0.05) is 18.4 Å². The van der Waals surface area contributed by atoms with E-state index in [2.05, 4.69) is 16.4 Å². The molecule has 0 heterocycles. The lowest BCUT2D eigenvalue weighted by molar-refractivity contribution is -0.414. The number of hydrogen-bond acceptors (Lipinski definition) is 4. The molecule has 5 N–H and O–H groups in total. The molecule has 1 aliphatic rings. The van der Waals surface area contributed by atoms with E-state index in [0.29, 0.717) is 25.3 Å². The highest BCUT2D eigenvalue weighted by Crippen LogP contribution is 2.28. The van der Waals surface area contributed by atoms with Crippen LogP contribution in [0.25, 0.3) is 0 Å². The molecule has 7 nitrogen and oxygen atoms in total. The van der Waals surface area contributed by atoms with Crippen LogP contribution in [0.15, 0.2) is 30.3 Å². The van der Waals surface area contributed by atoms with Crippen LogP contribution in [0.5, 0.6) is 0 Å². The first-order valence-corrected chi connectivity index (χ1v) is 10.4. The maximum atomic E-state index is 12.6. The summed E-state index contributed by atoms with van der Waals surface area (Å²) in [6, 6.07) is 7.89. The van der Waals surface area contributed by atoms with Crippen molar-refractivity contribution in [1.29, 1.82) is 0 Å². The van der Waals surface area contributed by atoms with Gasteiger partial charge >= 0.3 is 0 Å². The minimum absolute atomic E-state index is 0.0300. The Kier molecular flexibility index (Phi) is 8.64. The molecule has 2 amide bonds. The van der Waals surface area contributed by atoms with E-state index in [-0.39, 0.29) is 36.1 Å². The van der Waals surface area contributed by atoms with Gasteiger partial charge in [-0.1, -0.05) is 44.2 Å². The van der Waals surface area contributed by atoms with E-state index in [9.17, 15) is 19.5 Å². The SMILES string of the molecule is CC(C)[C@H]([NH3+])C(=O)NCC1CCC(C(=O)N[C@@H](Cc2ccccc2)C(=O)[O-])CC1. The van der Waals surface area contributed by atoms with Crippen molar-refractivity contribution in [3.05, 3.63) is 35.9 Å². The fourth-order valence-electron chi connectivity index (χ4n) is 3.64. The van der Waals surface area contributed by atoms with E-state index < -0.39 is 12.0 Å². The summed E-state index contributed by atoms with van der Waals surface area (Å²) >= 11 is 0. The first-order valence-electron chi connectivity index (χ1n) is 10.4. The average Bonchev–Trinajstić information content (AvgIpc) is 2.71. The summed E-state index contributed by atoms with van der Waals surface area (Å²) in [4.78, 5) is 36.1. The van der Waals surface area contributed by atoms with E-state index in [1.807, 2.05) is 44.2 Å². The van der Waals surface area contributed by atoms with Crippen LogP contribution >= 0.6 is 0 Å². The molecule has 7 heteroatoms. The second-order valence-electron chi connectivity index (χ2n) is 8.38. The highest BCUT2D eigenvalue weighted by atomic mass is 16.4. The molecular weight excluding hydrogens is 370 g/mol. The summed E-state index contributed by atoms with van der Waals surface area (Å²) in [6.07, 6.45) is 3.25. The zero-order chi connectivity index (χ0) is 21.4. The zero-order valence-corrected chi connectivity index (χ0v) is 17.4. The van der Waals surface area contributed by atoms with Gasteiger partial charge in [-0.15, -0.1) is 0 Å². The third-order valence-electron chi connectivity index (χ3n) is 5.81. The predicted molar refractivity (Wildman–Crippen MR) is 107 cm³/mol. The van der Waals surface area contributed by atoms with Crippen LogP contribution in [-0.2, 0) is 20.8 Å². The number of carbonyl (C=O) groups is 3. The van der Waals surface area contributed by atoms with Crippen molar-refractivity contribution in [2.75, 3.05) is 6.54 Å². The Morgan fingerprint density at radius 3 is 2.28 bits per heavy atom. The van der Waals surface area contributed by atoms with Crippen LogP contribution in [0, 0.1) is 17.8 Å². The van der Waals surface area contributed by atoms with E-state index in [4.69, 9.17) is 0 Å². The van der Waals surface area contributed by atoms with Crippen LogP contribution in [-0.4, -0.2) is 36.4 Å². The van der Waals surface area contributed by atoms with Crippen LogP contribution < -0.4 is 21.5 Å². The topological polar surface area (TPSA) is 126 Å². The number of carboxylic acid groups (broad SMARTS) is 1. The molecule has 2 rings (SSSR count). The number of quaternary nitrogens is 1. The van der Waals surface area contributed by atoms with Crippen molar-refractivity contribution < 1.29 is 25.2 Å². The van der Waals surface area contributed by atoms with Crippen molar-refractivity contribution in [2.24, 2.45) is 17.8 Å². The number of nitrogens with one attached hydrogen (secondary N) is 2. The van der Waals surface area contributed by atoms with Crippen molar-refractivity contribution in [3.8, 4) is 0 Å².